The van der Waals surface area contributed by atoms with Gasteiger partial charge in [-0.3, -0.25) is 9.78 Å². The summed E-state index contributed by atoms with van der Waals surface area (Å²) in [6.45, 7) is 3.97. The van der Waals surface area contributed by atoms with E-state index in [4.69, 9.17) is 15.2 Å². The quantitative estimate of drug-likeness (QED) is 0.813. The molecule has 1 heterocycles. The van der Waals surface area contributed by atoms with Crippen molar-refractivity contribution in [2.75, 3.05) is 7.11 Å². The van der Waals surface area contributed by atoms with E-state index in [1.807, 2.05) is 37.3 Å². The molecule has 6 heteroatoms. The number of carbonyl (C=O) groups excluding carboxylic acids is 1. The Hall–Kier alpha value is -2.60. The highest BCUT2D eigenvalue weighted by Gasteiger charge is 2.15. The molecule has 0 fully saturated rings. The molecule has 0 aliphatic carbocycles. The molecule has 0 aliphatic heterocycles. The monoisotopic (exact) mass is 329 g/mol. The minimum Gasteiger partial charge on any atom is -0.493 e. The van der Waals surface area contributed by atoms with Gasteiger partial charge in [0.1, 0.15) is 6.61 Å². The van der Waals surface area contributed by atoms with Crippen LogP contribution in [0.2, 0.25) is 0 Å². The Morgan fingerprint density at radius 2 is 1.92 bits per heavy atom. The molecule has 0 saturated carbocycles. The topological polar surface area (TPSA) is 86.5 Å². The summed E-state index contributed by atoms with van der Waals surface area (Å²) in [6.07, 6.45) is 3.45. The van der Waals surface area contributed by atoms with Crippen LogP contribution in [0.15, 0.2) is 42.7 Å². The molecule has 1 aromatic heterocycles. The second-order valence-corrected chi connectivity index (χ2v) is 5.57. The van der Waals surface area contributed by atoms with E-state index in [0.29, 0.717) is 18.1 Å². The lowest BCUT2D eigenvalue weighted by Crippen LogP contribution is -2.39. The van der Waals surface area contributed by atoms with Crippen LogP contribution >= 0.6 is 0 Å². The number of aromatic nitrogens is 1. The third-order valence-electron chi connectivity index (χ3n) is 3.60. The first-order valence-corrected chi connectivity index (χ1v) is 7.77. The number of nitrogens with zero attached hydrogens (tertiary/aromatic N) is 1. The van der Waals surface area contributed by atoms with Crippen LogP contribution in [0.25, 0.3) is 0 Å². The molecule has 24 heavy (non-hydrogen) atoms. The molecule has 0 bridgehead atoms. The molecule has 1 aromatic carbocycles. The number of hydrogen-bond acceptors (Lipinski definition) is 5. The first-order chi connectivity index (χ1) is 11.5. The van der Waals surface area contributed by atoms with Crippen LogP contribution < -0.4 is 20.5 Å². The first kappa shape index (κ1) is 17.7. The maximum absolute atomic E-state index is 11.7. The largest absolute Gasteiger partial charge is 0.493 e. The molecule has 2 atom stereocenters. The van der Waals surface area contributed by atoms with Crippen molar-refractivity contribution in [3.8, 4) is 11.5 Å². The summed E-state index contributed by atoms with van der Waals surface area (Å²) in [6, 6.07) is 8.66. The van der Waals surface area contributed by atoms with Gasteiger partial charge in [-0.25, -0.2) is 0 Å². The number of nitrogens with two attached hydrogens (primary N) is 1. The van der Waals surface area contributed by atoms with Gasteiger partial charge >= 0.3 is 0 Å². The van der Waals surface area contributed by atoms with E-state index in [2.05, 4.69) is 10.3 Å². The number of nitrogens with one attached hydrogen (secondary N) is 1. The molecular weight excluding hydrogens is 306 g/mol. The van der Waals surface area contributed by atoms with Gasteiger partial charge in [-0.2, -0.15) is 0 Å². The van der Waals surface area contributed by atoms with Gasteiger partial charge in [0.15, 0.2) is 11.5 Å². The standard InChI is InChI=1S/C18H23N3O3/c1-12(19)18(22)21-13(2)15-4-5-16(17(10-15)23-3)24-11-14-6-8-20-9-7-14/h4-10,12-13H,11,19H2,1-3H3,(H,21,22). The average Bonchev–Trinajstić information content (AvgIpc) is 2.60. The second kappa shape index (κ2) is 8.31. The zero-order valence-corrected chi connectivity index (χ0v) is 14.2. The molecule has 0 saturated heterocycles. The van der Waals surface area contributed by atoms with Crippen molar-refractivity contribution in [1.82, 2.24) is 10.3 Å². The van der Waals surface area contributed by atoms with Crippen molar-refractivity contribution in [2.45, 2.75) is 32.5 Å². The summed E-state index contributed by atoms with van der Waals surface area (Å²) < 4.78 is 11.2. The van der Waals surface area contributed by atoms with Crippen molar-refractivity contribution in [3.63, 3.8) is 0 Å². The van der Waals surface area contributed by atoms with Gasteiger partial charge in [0, 0.05) is 12.4 Å². The van der Waals surface area contributed by atoms with E-state index < -0.39 is 6.04 Å². The van der Waals surface area contributed by atoms with Crippen LogP contribution in [0.3, 0.4) is 0 Å². The third kappa shape index (κ3) is 4.70. The molecule has 2 aromatic rings. The molecular formula is C18H23N3O3. The molecule has 2 unspecified atom stereocenters. The molecule has 6 nitrogen and oxygen atoms in total. The third-order valence-corrected chi connectivity index (χ3v) is 3.60. The van der Waals surface area contributed by atoms with E-state index in [9.17, 15) is 4.79 Å². The Morgan fingerprint density at radius 1 is 1.21 bits per heavy atom. The van der Waals surface area contributed by atoms with Gasteiger partial charge in [-0.15, -0.1) is 0 Å². The Kier molecular flexibility index (Phi) is 6.14. The van der Waals surface area contributed by atoms with Gasteiger partial charge in [0.25, 0.3) is 0 Å². The summed E-state index contributed by atoms with van der Waals surface area (Å²) in [4.78, 5) is 15.7. The Labute approximate surface area is 142 Å². The van der Waals surface area contributed by atoms with Crippen molar-refractivity contribution < 1.29 is 14.3 Å². The summed E-state index contributed by atoms with van der Waals surface area (Å²) in [5.74, 6) is 1.06. The highest BCUT2D eigenvalue weighted by Crippen LogP contribution is 2.31. The van der Waals surface area contributed by atoms with E-state index in [0.717, 1.165) is 11.1 Å². The lowest BCUT2D eigenvalue weighted by atomic mass is 10.1. The van der Waals surface area contributed by atoms with Gasteiger partial charge < -0.3 is 20.5 Å². The van der Waals surface area contributed by atoms with Crippen molar-refractivity contribution in [1.29, 1.82) is 0 Å². The number of hydrogen-bond donors (Lipinski definition) is 2. The lowest BCUT2D eigenvalue weighted by molar-refractivity contribution is -0.122. The predicted octanol–water partition coefficient (Wildman–Crippen LogP) is 2.19. The van der Waals surface area contributed by atoms with Gasteiger partial charge in [-0.05, 0) is 49.2 Å². The highest BCUT2D eigenvalue weighted by atomic mass is 16.5. The fraction of sp³-hybridized carbons (Fsp3) is 0.333. The van der Waals surface area contributed by atoms with Crippen LogP contribution in [-0.2, 0) is 11.4 Å². The fourth-order valence-corrected chi connectivity index (χ4v) is 2.14. The summed E-state index contributed by atoms with van der Waals surface area (Å²) in [5, 5.41) is 2.86. The number of pyridine rings is 1. The predicted molar refractivity (Wildman–Crippen MR) is 91.8 cm³/mol. The average molecular weight is 329 g/mol. The fourth-order valence-electron chi connectivity index (χ4n) is 2.14. The molecule has 0 aliphatic rings. The first-order valence-electron chi connectivity index (χ1n) is 7.77. The highest BCUT2D eigenvalue weighted by molar-refractivity contribution is 5.81. The molecule has 2 rings (SSSR count). The Morgan fingerprint density at radius 3 is 2.54 bits per heavy atom. The van der Waals surface area contributed by atoms with E-state index in [-0.39, 0.29) is 11.9 Å². The SMILES string of the molecule is COc1cc(C(C)NC(=O)C(C)N)ccc1OCc1ccncc1. The summed E-state index contributed by atoms with van der Waals surface area (Å²) in [5.41, 5.74) is 7.51. The van der Waals surface area contributed by atoms with Crippen LogP contribution in [0, 0.1) is 0 Å². The van der Waals surface area contributed by atoms with Gasteiger partial charge in [0.05, 0.1) is 19.2 Å². The van der Waals surface area contributed by atoms with Crippen LogP contribution in [-0.4, -0.2) is 24.0 Å². The molecule has 0 radical (unpaired) electrons. The second-order valence-electron chi connectivity index (χ2n) is 5.57. The lowest BCUT2D eigenvalue weighted by Gasteiger charge is -2.18. The minimum absolute atomic E-state index is 0.174. The van der Waals surface area contributed by atoms with Crippen LogP contribution in [0.4, 0.5) is 0 Å². The maximum Gasteiger partial charge on any atom is 0.237 e. The normalized spacial score (nSPS) is 13.0. The zero-order chi connectivity index (χ0) is 17.5. The maximum atomic E-state index is 11.7. The smallest absolute Gasteiger partial charge is 0.237 e. The Balaban J connectivity index is 2.08. The van der Waals surface area contributed by atoms with Crippen LogP contribution in [0.1, 0.15) is 31.0 Å². The number of benzene rings is 1. The van der Waals surface area contributed by atoms with E-state index in [1.54, 1.807) is 26.4 Å². The van der Waals surface area contributed by atoms with E-state index >= 15 is 0 Å². The summed E-state index contributed by atoms with van der Waals surface area (Å²) >= 11 is 0. The molecule has 3 N–H and O–H groups in total. The minimum atomic E-state index is -0.544. The number of carbonyl (C=O) groups is 1. The van der Waals surface area contributed by atoms with Crippen molar-refractivity contribution in [2.24, 2.45) is 5.73 Å². The van der Waals surface area contributed by atoms with Gasteiger partial charge in [0.2, 0.25) is 5.91 Å². The Bertz CT molecular complexity index is 674. The van der Waals surface area contributed by atoms with Crippen LogP contribution in [0.5, 0.6) is 11.5 Å². The van der Waals surface area contributed by atoms with E-state index in [1.165, 1.54) is 0 Å². The number of methoxy groups -OCH3 is 1. The van der Waals surface area contributed by atoms with Crippen molar-refractivity contribution >= 4 is 5.91 Å². The zero-order valence-electron chi connectivity index (χ0n) is 14.2. The van der Waals surface area contributed by atoms with Crippen molar-refractivity contribution in [3.05, 3.63) is 53.9 Å². The summed E-state index contributed by atoms with van der Waals surface area (Å²) in [7, 11) is 1.59. The number of ether oxygens (including phenoxy) is 2. The van der Waals surface area contributed by atoms with Gasteiger partial charge in [-0.1, -0.05) is 6.07 Å². The molecule has 128 valence electrons. The number of amides is 1. The number of rotatable bonds is 7. The molecule has 0 spiro atoms. The molecule has 1 amide bonds.